The molecule has 2 N–H and O–H groups in total. The minimum absolute atomic E-state index is 0.529. The van der Waals surface area contributed by atoms with E-state index in [9.17, 15) is 0 Å². The maximum absolute atomic E-state index is 5.61. The molecule has 0 aliphatic carbocycles. The van der Waals surface area contributed by atoms with Crippen LogP contribution < -0.4 is 5.73 Å². The minimum atomic E-state index is 0.529. The molecule has 0 bridgehead atoms. The molecule has 0 aromatic carbocycles. The van der Waals surface area contributed by atoms with Crippen LogP contribution in [0, 0.1) is 6.92 Å². The summed E-state index contributed by atoms with van der Waals surface area (Å²) in [5.41, 5.74) is 7.69. The molecular formula is C15H29N3O3. The quantitative estimate of drug-likeness (QED) is 0.559. The second-order valence-electron chi connectivity index (χ2n) is 4.90. The largest absolute Gasteiger partial charge is 0.379 e. The summed E-state index contributed by atoms with van der Waals surface area (Å²) in [5, 5.41) is 4.37. The van der Waals surface area contributed by atoms with Crippen molar-refractivity contribution in [1.29, 1.82) is 0 Å². The van der Waals surface area contributed by atoms with Crippen LogP contribution >= 0.6 is 0 Å². The van der Waals surface area contributed by atoms with Crippen LogP contribution in [0.25, 0.3) is 0 Å². The highest BCUT2D eigenvalue weighted by atomic mass is 16.5. The van der Waals surface area contributed by atoms with Gasteiger partial charge in [-0.3, -0.25) is 4.68 Å². The number of rotatable bonds is 13. The number of nitrogens with two attached hydrogens (primary N) is 1. The fourth-order valence-electron chi connectivity index (χ4n) is 1.82. The van der Waals surface area contributed by atoms with Gasteiger partial charge in [-0.05, 0) is 13.3 Å². The van der Waals surface area contributed by atoms with Gasteiger partial charge < -0.3 is 19.9 Å². The summed E-state index contributed by atoms with van der Waals surface area (Å²) in [6.45, 7) is 9.32. The lowest BCUT2D eigenvalue weighted by Crippen LogP contribution is -2.12. The fraction of sp³-hybridized carbons (Fsp3) is 0.800. The molecule has 1 rings (SSSR count). The summed E-state index contributed by atoms with van der Waals surface area (Å²) in [7, 11) is 0. The Bertz CT molecular complexity index is 369. The van der Waals surface area contributed by atoms with Crippen LogP contribution in [0.3, 0.4) is 0 Å². The lowest BCUT2D eigenvalue weighted by molar-refractivity contribution is 0.0123. The van der Waals surface area contributed by atoms with Crippen molar-refractivity contribution < 1.29 is 14.2 Å². The summed E-state index contributed by atoms with van der Waals surface area (Å²) in [6.07, 6.45) is 4.25. The van der Waals surface area contributed by atoms with Crippen molar-refractivity contribution in [2.24, 2.45) is 5.73 Å². The molecule has 0 saturated carbocycles. The van der Waals surface area contributed by atoms with Crippen molar-refractivity contribution in [3.05, 3.63) is 17.5 Å². The summed E-state index contributed by atoms with van der Waals surface area (Å²) >= 11 is 0. The second-order valence-corrected chi connectivity index (χ2v) is 4.90. The minimum Gasteiger partial charge on any atom is -0.379 e. The maximum Gasteiger partial charge on any atom is 0.0701 e. The van der Waals surface area contributed by atoms with Gasteiger partial charge in [-0.25, -0.2) is 0 Å². The Kier molecular flexibility index (Phi) is 10.1. The molecule has 1 aromatic heterocycles. The Balaban J connectivity index is 1.90. The zero-order valence-corrected chi connectivity index (χ0v) is 13.3. The number of unbranched alkanes of at least 4 members (excludes halogenated alkanes) is 1. The SMILES string of the molecule is CCCCOCCOCCOCCn1cc(CN)c(C)n1. The van der Waals surface area contributed by atoms with Crippen molar-refractivity contribution >= 4 is 0 Å². The number of aryl methyl sites for hydroxylation is 1. The van der Waals surface area contributed by atoms with Crippen LogP contribution in [-0.2, 0) is 27.3 Å². The average Bonchev–Trinajstić information content (AvgIpc) is 2.85. The molecule has 0 aliphatic rings. The third-order valence-corrected chi connectivity index (χ3v) is 3.12. The Morgan fingerprint density at radius 3 is 2.24 bits per heavy atom. The van der Waals surface area contributed by atoms with Crippen molar-refractivity contribution in [2.45, 2.75) is 39.8 Å². The summed E-state index contributed by atoms with van der Waals surface area (Å²) in [6, 6.07) is 0. The normalized spacial score (nSPS) is 11.2. The molecule has 0 aliphatic heterocycles. The molecule has 0 fully saturated rings. The Morgan fingerprint density at radius 1 is 1.05 bits per heavy atom. The van der Waals surface area contributed by atoms with Crippen LogP contribution in [0.1, 0.15) is 31.0 Å². The first kappa shape index (κ1) is 18.1. The van der Waals surface area contributed by atoms with E-state index in [0.29, 0.717) is 39.6 Å². The van der Waals surface area contributed by atoms with E-state index in [4.69, 9.17) is 19.9 Å². The smallest absolute Gasteiger partial charge is 0.0701 e. The van der Waals surface area contributed by atoms with Gasteiger partial charge >= 0.3 is 0 Å². The molecule has 1 aromatic rings. The van der Waals surface area contributed by atoms with E-state index in [-0.39, 0.29) is 0 Å². The Morgan fingerprint density at radius 2 is 1.67 bits per heavy atom. The number of hydrogen-bond donors (Lipinski definition) is 1. The van der Waals surface area contributed by atoms with Crippen molar-refractivity contribution in [3.63, 3.8) is 0 Å². The number of ether oxygens (including phenoxy) is 3. The molecule has 6 heteroatoms. The van der Waals surface area contributed by atoms with Crippen LogP contribution in [-0.4, -0.2) is 49.4 Å². The van der Waals surface area contributed by atoms with E-state index < -0.39 is 0 Å². The van der Waals surface area contributed by atoms with Crippen molar-refractivity contribution in [1.82, 2.24) is 9.78 Å². The first-order valence-electron chi connectivity index (χ1n) is 7.74. The molecule has 0 spiro atoms. The first-order chi connectivity index (χ1) is 10.3. The predicted octanol–water partition coefficient (Wildman–Crippen LogP) is 1.50. The molecule has 21 heavy (non-hydrogen) atoms. The van der Waals surface area contributed by atoms with Crippen LogP contribution in [0.2, 0.25) is 0 Å². The number of nitrogens with zero attached hydrogens (tertiary/aromatic N) is 2. The van der Waals surface area contributed by atoms with E-state index in [2.05, 4.69) is 12.0 Å². The maximum atomic E-state index is 5.61. The zero-order valence-electron chi connectivity index (χ0n) is 13.3. The number of aromatic nitrogens is 2. The molecule has 0 radical (unpaired) electrons. The van der Waals surface area contributed by atoms with Gasteiger partial charge in [-0.2, -0.15) is 5.10 Å². The van der Waals surface area contributed by atoms with E-state index in [1.807, 2.05) is 17.8 Å². The van der Waals surface area contributed by atoms with E-state index in [1.165, 1.54) is 0 Å². The highest BCUT2D eigenvalue weighted by Crippen LogP contribution is 2.03. The van der Waals surface area contributed by atoms with Gasteiger partial charge in [0, 0.05) is 24.9 Å². The highest BCUT2D eigenvalue weighted by Gasteiger charge is 2.02. The molecule has 122 valence electrons. The molecule has 0 unspecified atom stereocenters. The van der Waals surface area contributed by atoms with Gasteiger partial charge in [0.2, 0.25) is 0 Å². The van der Waals surface area contributed by atoms with Crippen LogP contribution in [0.5, 0.6) is 0 Å². The van der Waals surface area contributed by atoms with Crippen LogP contribution in [0.4, 0.5) is 0 Å². The van der Waals surface area contributed by atoms with Gasteiger partial charge in [0.05, 0.1) is 45.3 Å². The van der Waals surface area contributed by atoms with Crippen molar-refractivity contribution in [3.8, 4) is 0 Å². The standard InChI is InChI=1S/C15H29N3O3/c1-3-4-6-19-8-10-21-11-9-20-7-5-18-13-15(12-16)14(2)17-18/h13H,3-12,16H2,1-2H3. The van der Waals surface area contributed by atoms with E-state index >= 15 is 0 Å². The van der Waals surface area contributed by atoms with Gasteiger partial charge in [-0.15, -0.1) is 0 Å². The Labute approximate surface area is 127 Å². The number of hydrogen-bond acceptors (Lipinski definition) is 5. The van der Waals surface area contributed by atoms with Gasteiger partial charge in [-0.1, -0.05) is 13.3 Å². The monoisotopic (exact) mass is 299 g/mol. The third-order valence-electron chi connectivity index (χ3n) is 3.12. The second kappa shape index (κ2) is 11.7. The molecule has 6 nitrogen and oxygen atoms in total. The van der Waals surface area contributed by atoms with Gasteiger partial charge in [0.25, 0.3) is 0 Å². The Hall–Kier alpha value is -0.950. The molecule has 0 amide bonds. The zero-order chi connectivity index (χ0) is 15.3. The first-order valence-corrected chi connectivity index (χ1v) is 7.74. The third kappa shape index (κ3) is 8.16. The lowest BCUT2D eigenvalue weighted by atomic mass is 10.3. The fourth-order valence-corrected chi connectivity index (χ4v) is 1.82. The summed E-state index contributed by atoms with van der Waals surface area (Å²) in [4.78, 5) is 0. The van der Waals surface area contributed by atoms with E-state index in [1.54, 1.807) is 0 Å². The van der Waals surface area contributed by atoms with Gasteiger partial charge in [0.1, 0.15) is 0 Å². The predicted molar refractivity (Wildman–Crippen MR) is 82.2 cm³/mol. The molecule has 1 heterocycles. The topological polar surface area (TPSA) is 71.5 Å². The lowest BCUT2D eigenvalue weighted by Gasteiger charge is -2.06. The van der Waals surface area contributed by atoms with Crippen LogP contribution in [0.15, 0.2) is 6.20 Å². The van der Waals surface area contributed by atoms with Crippen molar-refractivity contribution in [2.75, 3.05) is 39.6 Å². The summed E-state index contributed by atoms with van der Waals surface area (Å²) < 4.78 is 18.2. The molecule has 0 saturated heterocycles. The average molecular weight is 299 g/mol. The highest BCUT2D eigenvalue weighted by molar-refractivity contribution is 5.14. The molecule has 0 atom stereocenters. The molecular weight excluding hydrogens is 270 g/mol. The summed E-state index contributed by atoms with van der Waals surface area (Å²) in [5.74, 6) is 0. The van der Waals surface area contributed by atoms with Gasteiger partial charge in [0.15, 0.2) is 0 Å². The van der Waals surface area contributed by atoms with E-state index in [0.717, 1.165) is 37.3 Å².